The monoisotopic (exact) mass is 256 g/mol. The van der Waals surface area contributed by atoms with Gasteiger partial charge in [0.25, 0.3) is 0 Å². The zero-order valence-corrected chi connectivity index (χ0v) is 10.7. The normalized spacial score (nSPS) is 13.9. The summed E-state index contributed by atoms with van der Waals surface area (Å²) in [7, 11) is 0. The van der Waals surface area contributed by atoms with Gasteiger partial charge in [-0.1, -0.05) is 36.4 Å². The molecule has 0 aromatic heterocycles. The minimum absolute atomic E-state index is 0.00407. The number of aliphatic hydroxyl groups is 1. The van der Waals surface area contributed by atoms with E-state index in [1.54, 1.807) is 24.3 Å². The molecule has 0 radical (unpaired) electrons. The SMILES string of the molecule is CCOc1cccc(O)c1C(O)=CC=C1C=CC=C1. The molecule has 0 unspecified atom stereocenters. The number of aliphatic hydroxyl groups excluding tert-OH is 1. The lowest BCUT2D eigenvalue weighted by Gasteiger charge is -2.10. The van der Waals surface area contributed by atoms with Gasteiger partial charge in [0.1, 0.15) is 22.8 Å². The molecule has 0 amide bonds. The summed E-state index contributed by atoms with van der Waals surface area (Å²) in [4.78, 5) is 0. The van der Waals surface area contributed by atoms with Gasteiger partial charge in [-0.25, -0.2) is 0 Å². The van der Waals surface area contributed by atoms with Crippen molar-refractivity contribution >= 4 is 5.76 Å². The Morgan fingerprint density at radius 3 is 2.68 bits per heavy atom. The van der Waals surface area contributed by atoms with E-state index in [0.717, 1.165) is 5.57 Å². The molecule has 3 heteroatoms. The van der Waals surface area contributed by atoms with E-state index < -0.39 is 0 Å². The van der Waals surface area contributed by atoms with Crippen molar-refractivity contribution < 1.29 is 14.9 Å². The first-order valence-corrected chi connectivity index (χ1v) is 6.13. The van der Waals surface area contributed by atoms with Gasteiger partial charge < -0.3 is 14.9 Å². The van der Waals surface area contributed by atoms with Crippen LogP contribution in [0.2, 0.25) is 0 Å². The number of allylic oxidation sites excluding steroid dienone is 7. The molecule has 0 aliphatic heterocycles. The minimum Gasteiger partial charge on any atom is -0.507 e. The summed E-state index contributed by atoms with van der Waals surface area (Å²) >= 11 is 0. The van der Waals surface area contributed by atoms with E-state index in [9.17, 15) is 10.2 Å². The second kappa shape index (κ2) is 5.96. The van der Waals surface area contributed by atoms with Crippen LogP contribution < -0.4 is 4.74 Å². The van der Waals surface area contributed by atoms with Crippen molar-refractivity contribution in [2.45, 2.75) is 6.92 Å². The van der Waals surface area contributed by atoms with E-state index in [1.807, 2.05) is 31.2 Å². The molecule has 19 heavy (non-hydrogen) atoms. The van der Waals surface area contributed by atoms with Crippen LogP contribution in [0.1, 0.15) is 12.5 Å². The number of aromatic hydroxyl groups is 1. The molecule has 0 fully saturated rings. The first-order chi connectivity index (χ1) is 9.22. The van der Waals surface area contributed by atoms with Crippen LogP contribution >= 0.6 is 0 Å². The topological polar surface area (TPSA) is 49.7 Å². The average Bonchev–Trinajstić information content (AvgIpc) is 2.90. The van der Waals surface area contributed by atoms with E-state index >= 15 is 0 Å². The summed E-state index contributed by atoms with van der Waals surface area (Å²) in [6, 6.07) is 4.91. The maximum Gasteiger partial charge on any atom is 0.133 e. The maximum absolute atomic E-state index is 10.1. The molecule has 0 atom stereocenters. The van der Waals surface area contributed by atoms with Crippen molar-refractivity contribution in [2.75, 3.05) is 6.61 Å². The second-order valence-electron chi connectivity index (χ2n) is 4.02. The standard InChI is InChI=1S/C16H16O3/c1-2-19-15-9-5-8-13(17)16(15)14(18)11-10-12-6-3-4-7-12/h3-11,17-18H,2H2,1H3. The predicted octanol–water partition coefficient (Wildman–Crippen LogP) is 3.74. The van der Waals surface area contributed by atoms with E-state index in [-0.39, 0.29) is 11.5 Å². The van der Waals surface area contributed by atoms with Crippen LogP contribution in [0.3, 0.4) is 0 Å². The molecule has 98 valence electrons. The molecule has 1 aromatic rings. The molecule has 1 aromatic carbocycles. The fourth-order valence-electron chi connectivity index (χ4n) is 1.81. The Bertz CT molecular complexity index is 564. The molecule has 1 aliphatic rings. The smallest absolute Gasteiger partial charge is 0.133 e. The van der Waals surface area contributed by atoms with Crippen molar-refractivity contribution in [2.24, 2.45) is 0 Å². The van der Waals surface area contributed by atoms with Crippen molar-refractivity contribution in [3.05, 3.63) is 65.8 Å². The van der Waals surface area contributed by atoms with Gasteiger partial charge in [-0.3, -0.25) is 0 Å². The summed E-state index contributed by atoms with van der Waals surface area (Å²) in [5.74, 6) is 0.436. The summed E-state index contributed by atoms with van der Waals surface area (Å²) in [5, 5.41) is 19.9. The number of rotatable bonds is 4. The molecule has 2 rings (SSSR count). The second-order valence-corrected chi connectivity index (χ2v) is 4.02. The summed E-state index contributed by atoms with van der Waals surface area (Å²) in [6.45, 7) is 2.32. The number of hydrogen-bond donors (Lipinski definition) is 2. The molecule has 2 N–H and O–H groups in total. The van der Waals surface area contributed by atoms with Gasteiger partial charge in [-0.05, 0) is 30.7 Å². The quantitative estimate of drug-likeness (QED) is 0.807. The van der Waals surface area contributed by atoms with Gasteiger partial charge in [-0.15, -0.1) is 0 Å². The third kappa shape index (κ3) is 3.07. The molecule has 0 heterocycles. The van der Waals surface area contributed by atoms with Crippen LogP contribution in [0.15, 0.2) is 60.2 Å². The highest BCUT2D eigenvalue weighted by Crippen LogP contribution is 2.33. The zero-order chi connectivity index (χ0) is 13.7. The number of ether oxygens (including phenoxy) is 1. The number of phenolic OH excluding ortho intramolecular Hbond substituents is 1. The number of hydrogen-bond acceptors (Lipinski definition) is 3. The van der Waals surface area contributed by atoms with Crippen molar-refractivity contribution in [3.8, 4) is 11.5 Å². The van der Waals surface area contributed by atoms with E-state index in [4.69, 9.17) is 4.74 Å². The lowest BCUT2D eigenvalue weighted by Crippen LogP contribution is -1.96. The Morgan fingerprint density at radius 1 is 1.26 bits per heavy atom. The van der Waals surface area contributed by atoms with Crippen molar-refractivity contribution in [1.29, 1.82) is 0 Å². The molecular formula is C16H16O3. The number of phenols is 1. The fourth-order valence-corrected chi connectivity index (χ4v) is 1.81. The van der Waals surface area contributed by atoms with E-state index in [2.05, 4.69) is 0 Å². The minimum atomic E-state index is -0.0252. The van der Waals surface area contributed by atoms with E-state index in [0.29, 0.717) is 17.9 Å². The fraction of sp³-hybridized carbons (Fsp3) is 0.125. The van der Waals surface area contributed by atoms with Gasteiger partial charge in [0.2, 0.25) is 0 Å². The molecule has 0 bridgehead atoms. The van der Waals surface area contributed by atoms with Gasteiger partial charge >= 0.3 is 0 Å². The molecule has 3 nitrogen and oxygen atoms in total. The zero-order valence-electron chi connectivity index (χ0n) is 10.7. The highest BCUT2D eigenvalue weighted by molar-refractivity contribution is 5.71. The lowest BCUT2D eigenvalue weighted by molar-refractivity contribution is 0.333. The van der Waals surface area contributed by atoms with Gasteiger partial charge in [0, 0.05) is 0 Å². The van der Waals surface area contributed by atoms with E-state index in [1.165, 1.54) is 6.07 Å². The average molecular weight is 256 g/mol. The van der Waals surface area contributed by atoms with Crippen LogP contribution in [0.25, 0.3) is 5.76 Å². The highest BCUT2D eigenvalue weighted by atomic mass is 16.5. The van der Waals surface area contributed by atoms with Crippen LogP contribution in [0.5, 0.6) is 11.5 Å². The molecule has 0 spiro atoms. The summed E-state index contributed by atoms with van der Waals surface area (Å²) in [6.07, 6.45) is 11.0. The van der Waals surface area contributed by atoms with Crippen LogP contribution in [0.4, 0.5) is 0 Å². The van der Waals surface area contributed by atoms with Crippen molar-refractivity contribution in [3.63, 3.8) is 0 Å². The summed E-state index contributed by atoms with van der Waals surface area (Å²) in [5.41, 5.74) is 1.30. The molecular weight excluding hydrogens is 240 g/mol. The largest absolute Gasteiger partial charge is 0.507 e. The predicted molar refractivity (Wildman–Crippen MR) is 76.2 cm³/mol. The number of benzene rings is 1. The molecule has 1 aliphatic carbocycles. The van der Waals surface area contributed by atoms with Crippen molar-refractivity contribution in [1.82, 2.24) is 0 Å². The van der Waals surface area contributed by atoms with Crippen LogP contribution in [-0.4, -0.2) is 16.8 Å². The maximum atomic E-state index is 10.1. The Hall–Kier alpha value is -2.42. The van der Waals surface area contributed by atoms with Gasteiger partial charge in [-0.2, -0.15) is 0 Å². The first-order valence-electron chi connectivity index (χ1n) is 6.13. The van der Waals surface area contributed by atoms with Crippen LogP contribution in [-0.2, 0) is 0 Å². The Kier molecular flexibility index (Phi) is 4.08. The molecule has 0 saturated heterocycles. The first kappa shape index (κ1) is 13.0. The van der Waals surface area contributed by atoms with Crippen LogP contribution in [0, 0.1) is 0 Å². The third-order valence-corrected chi connectivity index (χ3v) is 2.68. The Labute approximate surface area is 112 Å². The van der Waals surface area contributed by atoms with Gasteiger partial charge in [0.05, 0.1) is 6.61 Å². The lowest BCUT2D eigenvalue weighted by atomic mass is 10.1. The Morgan fingerprint density at radius 2 is 2.00 bits per heavy atom. The summed E-state index contributed by atoms with van der Waals surface area (Å²) < 4.78 is 5.40. The third-order valence-electron chi connectivity index (χ3n) is 2.68. The Balaban J connectivity index is 2.34. The molecule has 0 saturated carbocycles. The van der Waals surface area contributed by atoms with Gasteiger partial charge in [0.15, 0.2) is 0 Å². The highest BCUT2D eigenvalue weighted by Gasteiger charge is 2.12.